The van der Waals surface area contributed by atoms with E-state index in [4.69, 9.17) is 15.2 Å². The zero-order valence-corrected chi connectivity index (χ0v) is 14.6. The number of carbonyl (C=O) groups is 1. The van der Waals surface area contributed by atoms with Crippen molar-refractivity contribution in [2.45, 2.75) is 51.7 Å². The van der Waals surface area contributed by atoms with Crippen LogP contribution in [-0.2, 0) is 13.0 Å². The summed E-state index contributed by atoms with van der Waals surface area (Å²) in [4.78, 5) is 16.0. The maximum absolute atomic E-state index is 11.5. The molecular formula is C19H23N3O3. The molecule has 2 N–H and O–H groups in total. The Kier molecular flexibility index (Phi) is 3.90. The minimum Gasteiger partial charge on any atom is -0.494 e. The second-order valence-electron chi connectivity index (χ2n) is 6.88. The molecule has 0 unspecified atom stereocenters. The normalized spacial score (nSPS) is 18.7. The quantitative estimate of drug-likeness (QED) is 0.876. The number of amides is 1. The highest BCUT2D eigenvalue weighted by molar-refractivity contribution is 5.90. The second-order valence-corrected chi connectivity index (χ2v) is 6.88. The molecule has 0 radical (unpaired) electrons. The van der Waals surface area contributed by atoms with Gasteiger partial charge in [0, 0.05) is 29.7 Å². The first kappa shape index (κ1) is 16.0. The van der Waals surface area contributed by atoms with Gasteiger partial charge in [0.05, 0.1) is 13.2 Å². The first-order valence-corrected chi connectivity index (χ1v) is 8.87. The van der Waals surface area contributed by atoms with Crippen LogP contribution in [0.4, 0.5) is 0 Å². The van der Waals surface area contributed by atoms with Crippen LogP contribution in [0.5, 0.6) is 11.5 Å². The molecule has 1 aromatic heterocycles. The topological polar surface area (TPSA) is 79.4 Å². The van der Waals surface area contributed by atoms with Crippen LogP contribution >= 0.6 is 0 Å². The number of benzene rings is 1. The lowest BCUT2D eigenvalue weighted by molar-refractivity contribution is 0.0996. The lowest BCUT2D eigenvalue weighted by Gasteiger charge is -2.14. The summed E-state index contributed by atoms with van der Waals surface area (Å²) in [6.07, 6.45) is 5.07. The molecule has 0 bridgehead atoms. The third-order valence-corrected chi connectivity index (χ3v) is 4.72. The Hall–Kier alpha value is -2.50. The number of hydrogen-bond donors (Lipinski definition) is 1. The Balaban J connectivity index is 1.71. The third kappa shape index (κ3) is 3.08. The largest absolute Gasteiger partial charge is 0.494 e. The number of primary amides is 1. The van der Waals surface area contributed by atoms with E-state index in [-0.39, 0.29) is 6.10 Å². The average molecular weight is 341 g/mol. The maximum Gasteiger partial charge on any atom is 0.268 e. The van der Waals surface area contributed by atoms with E-state index >= 15 is 0 Å². The third-order valence-electron chi connectivity index (χ3n) is 4.72. The molecule has 1 aliphatic carbocycles. The number of hydrogen-bond acceptors (Lipinski definition) is 4. The molecule has 1 amide bonds. The van der Waals surface area contributed by atoms with Gasteiger partial charge < -0.3 is 19.8 Å². The smallest absolute Gasteiger partial charge is 0.268 e. The van der Waals surface area contributed by atoms with Crippen molar-refractivity contribution in [3.05, 3.63) is 41.0 Å². The molecule has 1 fully saturated rings. The second kappa shape index (κ2) is 6.10. The number of rotatable bonds is 6. The van der Waals surface area contributed by atoms with E-state index in [1.165, 1.54) is 5.56 Å². The fraction of sp³-hybridized carbons (Fsp3) is 0.474. The predicted molar refractivity (Wildman–Crippen MR) is 93.2 cm³/mol. The molecule has 0 saturated heterocycles. The lowest BCUT2D eigenvalue weighted by atomic mass is 10.1. The fourth-order valence-electron chi connectivity index (χ4n) is 3.42. The van der Waals surface area contributed by atoms with Gasteiger partial charge in [0.15, 0.2) is 0 Å². The van der Waals surface area contributed by atoms with E-state index < -0.39 is 5.91 Å². The summed E-state index contributed by atoms with van der Waals surface area (Å²) >= 11 is 0. The molecule has 2 aromatic rings. The van der Waals surface area contributed by atoms with E-state index in [1.807, 2.05) is 11.5 Å². The Morgan fingerprint density at radius 1 is 1.44 bits per heavy atom. The first-order valence-electron chi connectivity index (χ1n) is 8.87. The molecule has 2 heterocycles. The summed E-state index contributed by atoms with van der Waals surface area (Å²) in [7, 11) is 0. The van der Waals surface area contributed by atoms with Crippen LogP contribution in [0, 0.1) is 0 Å². The Bertz CT molecular complexity index is 824. The molecule has 4 rings (SSSR count). The molecule has 2 aliphatic rings. The molecule has 25 heavy (non-hydrogen) atoms. The van der Waals surface area contributed by atoms with Crippen molar-refractivity contribution in [1.29, 1.82) is 0 Å². The van der Waals surface area contributed by atoms with E-state index in [9.17, 15) is 4.79 Å². The SMILES string of the molecule is CCOc1cc2c(cc1Cn1cc(C(N)=O)nc1C1CC1)O[C@@H](C)C2. The summed E-state index contributed by atoms with van der Waals surface area (Å²) in [5.74, 6) is 2.67. The summed E-state index contributed by atoms with van der Waals surface area (Å²) in [5.41, 5.74) is 7.96. The lowest BCUT2D eigenvalue weighted by Crippen LogP contribution is -2.11. The molecule has 6 heteroatoms. The van der Waals surface area contributed by atoms with Gasteiger partial charge in [-0.25, -0.2) is 4.98 Å². The van der Waals surface area contributed by atoms with Crippen molar-refractivity contribution in [3.63, 3.8) is 0 Å². The van der Waals surface area contributed by atoms with E-state index in [0.29, 0.717) is 24.8 Å². The van der Waals surface area contributed by atoms with Gasteiger partial charge >= 0.3 is 0 Å². The van der Waals surface area contributed by atoms with Crippen LogP contribution in [0.25, 0.3) is 0 Å². The summed E-state index contributed by atoms with van der Waals surface area (Å²) < 4.78 is 13.8. The molecule has 1 saturated carbocycles. The van der Waals surface area contributed by atoms with E-state index in [2.05, 4.69) is 24.0 Å². The molecule has 1 aromatic carbocycles. The van der Waals surface area contributed by atoms with Gasteiger partial charge in [0.2, 0.25) is 0 Å². The van der Waals surface area contributed by atoms with Crippen molar-refractivity contribution < 1.29 is 14.3 Å². The standard InChI is InChI=1S/C19H23N3O3/c1-3-24-16-7-13-6-11(2)25-17(13)8-14(16)9-22-10-15(18(20)23)21-19(22)12-4-5-12/h7-8,10-12H,3-6,9H2,1-2H3,(H2,20,23)/t11-/m0/s1. The molecular weight excluding hydrogens is 318 g/mol. The summed E-state index contributed by atoms with van der Waals surface area (Å²) in [5, 5.41) is 0. The molecule has 1 atom stereocenters. The van der Waals surface area contributed by atoms with Crippen molar-refractivity contribution in [3.8, 4) is 11.5 Å². The number of ether oxygens (including phenoxy) is 2. The maximum atomic E-state index is 11.5. The van der Waals surface area contributed by atoms with Gasteiger partial charge in [-0.3, -0.25) is 4.79 Å². The van der Waals surface area contributed by atoms with Gasteiger partial charge in [-0.2, -0.15) is 0 Å². The summed E-state index contributed by atoms with van der Waals surface area (Å²) in [6.45, 7) is 5.25. The van der Waals surface area contributed by atoms with Crippen molar-refractivity contribution in [1.82, 2.24) is 9.55 Å². The Labute approximate surface area is 146 Å². The van der Waals surface area contributed by atoms with Crippen LogP contribution in [-0.4, -0.2) is 28.2 Å². The number of fused-ring (bicyclic) bond motifs is 1. The highest BCUT2D eigenvalue weighted by Crippen LogP contribution is 2.40. The number of nitrogens with zero attached hydrogens (tertiary/aromatic N) is 2. The Morgan fingerprint density at radius 2 is 2.24 bits per heavy atom. The Morgan fingerprint density at radius 3 is 2.92 bits per heavy atom. The van der Waals surface area contributed by atoms with Crippen molar-refractivity contribution in [2.75, 3.05) is 6.61 Å². The van der Waals surface area contributed by atoms with E-state index in [1.54, 1.807) is 6.20 Å². The average Bonchev–Trinajstić information content (AvgIpc) is 3.21. The monoisotopic (exact) mass is 341 g/mol. The van der Waals surface area contributed by atoms with E-state index in [0.717, 1.165) is 42.1 Å². The molecule has 0 spiro atoms. The molecule has 1 aliphatic heterocycles. The van der Waals surface area contributed by atoms with Gasteiger partial charge in [-0.1, -0.05) is 0 Å². The summed E-state index contributed by atoms with van der Waals surface area (Å²) in [6, 6.07) is 4.14. The van der Waals surface area contributed by atoms with Crippen LogP contribution in [0.15, 0.2) is 18.3 Å². The zero-order valence-electron chi connectivity index (χ0n) is 14.6. The number of carbonyl (C=O) groups excluding carboxylic acids is 1. The molecule has 132 valence electrons. The van der Waals surface area contributed by atoms with Crippen molar-refractivity contribution >= 4 is 5.91 Å². The fourth-order valence-corrected chi connectivity index (χ4v) is 3.42. The minimum absolute atomic E-state index is 0.191. The van der Waals surface area contributed by atoms with Gasteiger partial charge in [-0.15, -0.1) is 0 Å². The van der Waals surface area contributed by atoms with Crippen molar-refractivity contribution in [2.24, 2.45) is 5.73 Å². The number of imidazole rings is 1. The first-order chi connectivity index (χ1) is 12.0. The highest BCUT2D eigenvalue weighted by atomic mass is 16.5. The van der Waals surface area contributed by atoms with Crippen LogP contribution in [0.3, 0.4) is 0 Å². The van der Waals surface area contributed by atoms with Gasteiger partial charge in [-0.05, 0) is 38.8 Å². The van der Waals surface area contributed by atoms with Crippen LogP contribution in [0.1, 0.15) is 60.0 Å². The van der Waals surface area contributed by atoms with Gasteiger partial charge in [0.1, 0.15) is 29.1 Å². The molecule has 6 nitrogen and oxygen atoms in total. The highest BCUT2D eigenvalue weighted by Gasteiger charge is 2.30. The van der Waals surface area contributed by atoms with Crippen LogP contribution in [0.2, 0.25) is 0 Å². The number of nitrogens with two attached hydrogens (primary N) is 1. The number of aromatic nitrogens is 2. The predicted octanol–water partition coefficient (Wildman–Crippen LogP) is 2.63. The van der Waals surface area contributed by atoms with Crippen LogP contribution < -0.4 is 15.2 Å². The minimum atomic E-state index is -0.489. The van der Waals surface area contributed by atoms with Gasteiger partial charge in [0.25, 0.3) is 5.91 Å². The zero-order chi connectivity index (χ0) is 17.6.